The van der Waals surface area contributed by atoms with E-state index in [4.69, 9.17) is 4.74 Å². The number of ketones is 1. The zero-order valence-electron chi connectivity index (χ0n) is 14.0. The van der Waals surface area contributed by atoms with E-state index in [0.29, 0.717) is 23.4 Å². The number of allylic oxidation sites excluding steroid dienone is 1. The monoisotopic (exact) mass is 336 g/mol. The Kier molecular flexibility index (Phi) is 4.24. The number of rotatable bonds is 3. The lowest BCUT2D eigenvalue weighted by molar-refractivity contribution is -0.918. The van der Waals surface area contributed by atoms with Gasteiger partial charge in [-0.25, -0.2) is 0 Å². The summed E-state index contributed by atoms with van der Waals surface area (Å²) < 4.78 is 5.85. The zero-order valence-corrected chi connectivity index (χ0v) is 14.0. The minimum absolute atomic E-state index is 0.0488. The predicted octanol–water partition coefficient (Wildman–Crippen LogP) is 1.34. The van der Waals surface area contributed by atoms with Crippen molar-refractivity contribution in [3.63, 3.8) is 0 Å². The van der Waals surface area contributed by atoms with Crippen molar-refractivity contribution in [2.75, 3.05) is 13.1 Å². The van der Waals surface area contributed by atoms with Gasteiger partial charge in [0.25, 0.3) is 0 Å². The highest BCUT2D eigenvalue weighted by atomic mass is 16.5. The number of ether oxygens (including phenoxy) is 1. The van der Waals surface area contributed by atoms with Crippen LogP contribution in [0, 0.1) is 0 Å². The minimum atomic E-state index is -0.172. The quantitative estimate of drug-likeness (QED) is 0.859. The number of quaternary nitrogens is 1. The van der Waals surface area contributed by atoms with Crippen LogP contribution in [0.25, 0.3) is 6.08 Å². The Labute approximate surface area is 146 Å². The van der Waals surface area contributed by atoms with E-state index in [1.807, 2.05) is 6.07 Å². The number of carbonyl (C=O) groups excluding carboxylic acids is 1. The van der Waals surface area contributed by atoms with E-state index in [2.05, 4.69) is 4.98 Å². The smallest absolute Gasteiger partial charge is 0.231 e. The maximum atomic E-state index is 12.6. The summed E-state index contributed by atoms with van der Waals surface area (Å²) in [6, 6.07) is 6.74. The second kappa shape index (κ2) is 6.69. The van der Waals surface area contributed by atoms with Gasteiger partial charge in [0.2, 0.25) is 5.78 Å². The van der Waals surface area contributed by atoms with Crippen molar-refractivity contribution in [2.45, 2.75) is 25.8 Å². The molecule has 1 aromatic carbocycles. The summed E-state index contributed by atoms with van der Waals surface area (Å²) in [6.45, 7) is 2.75. The summed E-state index contributed by atoms with van der Waals surface area (Å²) in [5.41, 5.74) is 1.91. The maximum absolute atomic E-state index is 12.6. The number of pyridine rings is 1. The first-order valence-corrected chi connectivity index (χ1v) is 8.73. The number of nitrogens with one attached hydrogen (secondary N) is 1. The molecule has 2 aliphatic rings. The summed E-state index contributed by atoms with van der Waals surface area (Å²) >= 11 is 0. The molecule has 5 heteroatoms. The fourth-order valence-corrected chi connectivity index (χ4v) is 3.55. The Hall–Kier alpha value is -2.66. The average molecular weight is 336 g/mol. The van der Waals surface area contributed by atoms with Crippen molar-refractivity contribution in [3.8, 4) is 11.5 Å². The molecule has 0 unspecified atom stereocenters. The van der Waals surface area contributed by atoms with Gasteiger partial charge >= 0.3 is 0 Å². The summed E-state index contributed by atoms with van der Waals surface area (Å²) in [6.07, 6.45) is 8.65. The molecule has 0 saturated carbocycles. The van der Waals surface area contributed by atoms with Crippen molar-refractivity contribution in [3.05, 3.63) is 59.1 Å². The molecule has 128 valence electrons. The van der Waals surface area contributed by atoms with E-state index in [1.54, 1.807) is 30.6 Å². The first kappa shape index (κ1) is 15.8. The number of hydrogen-bond donors (Lipinski definition) is 1. The molecule has 5 nitrogen and oxygen atoms in total. The van der Waals surface area contributed by atoms with Crippen molar-refractivity contribution >= 4 is 11.9 Å². The van der Waals surface area contributed by atoms with Crippen LogP contribution >= 0.6 is 0 Å². The zero-order chi connectivity index (χ0) is 17.2. The number of benzene rings is 1. The van der Waals surface area contributed by atoms with Gasteiger partial charge in [0.15, 0.2) is 5.76 Å². The van der Waals surface area contributed by atoms with E-state index in [0.717, 1.165) is 18.7 Å². The van der Waals surface area contributed by atoms with Gasteiger partial charge in [0.1, 0.15) is 12.3 Å². The molecule has 2 aromatic rings. The van der Waals surface area contributed by atoms with Crippen LogP contribution in [0.15, 0.2) is 42.4 Å². The molecule has 0 amide bonds. The number of carbonyl (C=O) groups is 1. The lowest BCUT2D eigenvalue weighted by Crippen LogP contribution is -3.11. The molecule has 0 bridgehead atoms. The Morgan fingerprint density at radius 1 is 1.20 bits per heavy atom. The van der Waals surface area contributed by atoms with Crippen molar-refractivity contribution in [1.29, 1.82) is 0 Å². The number of piperidine rings is 1. The molecular formula is C20H20N2O3. The van der Waals surface area contributed by atoms with Gasteiger partial charge in [-0.05, 0) is 43.0 Å². The summed E-state index contributed by atoms with van der Waals surface area (Å²) in [4.78, 5) is 18.1. The lowest BCUT2D eigenvalue weighted by atomic mass is 10.0. The van der Waals surface area contributed by atoms with Crippen LogP contribution in [0.3, 0.4) is 0 Å². The summed E-state index contributed by atoms with van der Waals surface area (Å²) in [5.74, 6) is 0.482. The molecule has 0 spiro atoms. The fraction of sp³-hybridized carbons (Fsp3) is 0.300. The second-order valence-corrected chi connectivity index (χ2v) is 6.63. The SMILES string of the molecule is O=C1/C(=C/c2cccnc2)Oc2c1ccc([O-])c2C[NH+]1CCCCC1. The molecule has 2 aliphatic heterocycles. The molecule has 0 aliphatic carbocycles. The molecule has 0 atom stereocenters. The summed E-state index contributed by atoms with van der Waals surface area (Å²) in [5, 5.41) is 12.4. The molecule has 1 N–H and O–H groups in total. The van der Waals surface area contributed by atoms with Gasteiger partial charge < -0.3 is 14.7 Å². The van der Waals surface area contributed by atoms with Crippen LogP contribution in [-0.4, -0.2) is 23.9 Å². The van der Waals surface area contributed by atoms with Crippen molar-refractivity contribution < 1.29 is 19.5 Å². The lowest BCUT2D eigenvalue weighted by Gasteiger charge is -2.26. The molecule has 3 heterocycles. The molecule has 0 radical (unpaired) electrons. The predicted molar refractivity (Wildman–Crippen MR) is 91.3 cm³/mol. The van der Waals surface area contributed by atoms with E-state index in [1.165, 1.54) is 30.2 Å². The third-order valence-corrected chi connectivity index (χ3v) is 4.87. The Bertz CT molecular complexity index is 824. The van der Waals surface area contributed by atoms with E-state index in [9.17, 15) is 9.90 Å². The first-order chi connectivity index (χ1) is 12.2. The third kappa shape index (κ3) is 3.15. The fourth-order valence-electron chi connectivity index (χ4n) is 3.55. The Morgan fingerprint density at radius 2 is 2.04 bits per heavy atom. The number of fused-ring (bicyclic) bond motifs is 1. The van der Waals surface area contributed by atoms with Gasteiger partial charge in [-0.15, -0.1) is 0 Å². The highest BCUT2D eigenvalue weighted by Gasteiger charge is 2.31. The van der Waals surface area contributed by atoms with Crippen LogP contribution < -0.4 is 14.7 Å². The molecule has 25 heavy (non-hydrogen) atoms. The van der Waals surface area contributed by atoms with Crippen LogP contribution in [0.4, 0.5) is 0 Å². The van der Waals surface area contributed by atoms with E-state index < -0.39 is 0 Å². The van der Waals surface area contributed by atoms with Crippen LogP contribution in [-0.2, 0) is 6.54 Å². The van der Waals surface area contributed by atoms with E-state index >= 15 is 0 Å². The number of Topliss-reactive ketones (excluding diaryl/α,β-unsaturated/α-hetero) is 1. The second-order valence-electron chi connectivity index (χ2n) is 6.63. The largest absolute Gasteiger partial charge is 0.872 e. The Balaban J connectivity index is 1.66. The van der Waals surface area contributed by atoms with Crippen molar-refractivity contribution in [2.24, 2.45) is 0 Å². The number of nitrogens with zero attached hydrogens (tertiary/aromatic N) is 1. The number of hydrogen-bond acceptors (Lipinski definition) is 4. The topological polar surface area (TPSA) is 66.7 Å². The van der Waals surface area contributed by atoms with Gasteiger partial charge in [-0.3, -0.25) is 9.78 Å². The molecule has 4 rings (SSSR count). The molecule has 1 aromatic heterocycles. The minimum Gasteiger partial charge on any atom is -0.872 e. The van der Waals surface area contributed by atoms with Crippen LogP contribution in [0.5, 0.6) is 11.5 Å². The molecule has 1 fully saturated rings. The summed E-state index contributed by atoms with van der Waals surface area (Å²) in [7, 11) is 0. The average Bonchev–Trinajstić information content (AvgIpc) is 2.95. The third-order valence-electron chi connectivity index (χ3n) is 4.87. The van der Waals surface area contributed by atoms with Crippen LogP contribution in [0.1, 0.15) is 40.7 Å². The highest BCUT2D eigenvalue weighted by molar-refractivity contribution is 6.14. The van der Waals surface area contributed by atoms with Gasteiger partial charge in [0, 0.05) is 18.0 Å². The van der Waals surface area contributed by atoms with Gasteiger partial charge in [0.05, 0.1) is 18.7 Å². The normalized spacial score (nSPS) is 19.0. The molecular weight excluding hydrogens is 316 g/mol. The number of likely N-dealkylation sites (tertiary alicyclic amines) is 1. The highest BCUT2D eigenvalue weighted by Crippen LogP contribution is 2.38. The van der Waals surface area contributed by atoms with E-state index in [-0.39, 0.29) is 17.3 Å². The van der Waals surface area contributed by atoms with Gasteiger partial charge in [-0.1, -0.05) is 17.9 Å². The van der Waals surface area contributed by atoms with Gasteiger partial charge in [-0.2, -0.15) is 0 Å². The molecule has 1 saturated heterocycles. The standard InChI is InChI=1S/C20H20N2O3/c23-17-7-6-15-19(24)18(11-14-5-4-8-21-12-14)25-20(15)16(17)13-22-9-2-1-3-10-22/h4-8,11-12,23H,1-3,9-10,13H2/b18-11-. The number of aromatic nitrogens is 1. The first-order valence-electron chi connectivity index (χ1n) is 8.73. The van der Waals surface area contributed by atoms with Crippen LogP contribution in [0.2, 0.25) is 0 Å². The van der Waals surface area contributed by atoms with Crippen molar-refractivity contribution in [1.82, 2.24) is 4.98 Å². The maximum Gasteiger partial charge on any atom is 0.231 e. The Morgan fingerprint density at radius 3 is 2.80 bits per heavy atom.